The molecule has 0 aromatic heterocycles. The molecule has 0 bridgehead atoms. The van der Waals surface area contributed by atoms with Crippen molar-refractivity contribution in [1.29, 1.82) is 0 Å². The number of carbonyl (C=O) groups excluding carboxylic acids is 1. The van der Waals surface area contributed by atoms with Gasteiger partial charge in [0, 0.05) is 30.8 Å². The molecule has 4 nitrogen and oxygen atoms in total. The van der Waals surface area contributed by atoms with Crippen molar-refractivity contribution in [3.05, 3.63) is 106 Å². The van der Waals surface area contributed by atoms with Crippen molar-refractivity contribution in [2.24, 2.45) is 5.10 Å². The molecule has 1 N–H and O–H groups in total. The maximum atomic E-state index is 13.0. The molecule has 0 aliphatic carbocycles. The topological polar surface area (TPSA) is 44.7 Å². The lowest BCUT2D eigenvalue weighted by Gasteiger charge is -2.28. The number of nitrogens with zero attached hydrogens (tertiary/aromatic N) is 2. The standard InChI is InChI=1S/C25H22F3N3O/c26-25(27,28)23-8-4-3-6-21(23)15-29-30-24(32)20-11-9-18(10-12-20)16-31-14-13-19-5-1-2-7-22(19)17-31/h1-12,15H,13-14,16-17H2,(H,30,32)/b29-15+. The van der Waals surface area contributed by atoms with Gasteiger partial charge in [0.05, 0.1) is 11.8 Å². The van der Waals surface area contributed by atoms with Gasteiger partial charge in [-0.2, -0.15) is 18.3 Å². The number of hydrogen-bond donors (Lipinski definition) is 1. The Kier molecular flexibility index (Phi) is 6.37. The van der Waals surface area contributed by atoms with Crippen LogP contribution in [0.5, 0.6) is 0 Å². The number of hydrazone groups is 1. The monoisotopic (exact) mass is 437 g/mol. The van der Waals surface area contributed by atoms with Crippen LogP contribution in [0.2, 0.25) is 0 Å². The minimum atomic E-state index is -4.49. The number of nitrogens with one attached hydrogen (secondary N) is 1. The Balaban J connectivity index is 1.35. The van der Waals surface area contributed by atoms with E-state index in [1.54, 1.807) is 12.1 Å². The number of hydrogen-bond acceptors (Lipinski definition) is 3. The van der Waals surface area contributed by atoms with Crippen LogP contribution in [0.3, 0.4) is 0 Å². The zero-order chi connectivity index (χ0) is 22.6. The van der Waals surface area contributed by atoms with E-state index in [1.165, 1.54) is 29.3 Å². The third-order valence-electron chi connectivity index (χ3n) is 5.47. The van der Waals surface area contributed by atoms with Gasteiger partial charge in [0.2, 0.25) is 0 Å². The molecular formula is C25H22F3N3O. The number of rotatable bonds is 5. The van der Waals surface area contributed by atoms with Gasteiger partial charge in [-0.05, 0) is 41.3 Å². The maximum absolute atomic E-state index is 13.0. The smallest absolute Gasteiger partial charge is 0.294 e. The summed E-state index contributed by atoms with van der Waals surface area (Å²) in [6, 6.07) is 20.7. The molecule has 0 saturated carbocycles. The van der Waals surface area contributed by atoms with E-state index in [0.717, 1.165) is 43.9 Å². The molecule has 0 spiro atoms. The second kappa shape index (κ2) is 9.36. The molecule has 1 amide bonds. The zero-order valence-electron chi connectivity index (χ0n) is 17.3. The van der Waals surface area contributed by atoms with Crippen LogP contribution in [-0.2, 0) is 25.7 Å². The summed E-state index contributed by atoms with van der Waals surface area (Å²) in [5, 5.41) is 3.70. The van der Waals surface area contributed by atoms with Crippen molar-refractivity contribution >= 4 is 12.1 Å². The van der Waals surface area contributed by atoms with Crippen LogP contribution in [0.1, 0.15) is 38.2 Å². The lowest BCUT2D eigenvalue weighted by Crippen LogP contribution is -2.30. The largest absolute Gasteiger partial charge is 0.417 e. The molecule has 1 aliphatic rings. The molecule has 0 saturated heterocycles. The Labute approximate surface area is 184 Å². The summed E-state index contributed by atoms with van der Waals surface area (Å²) < 4.78 is 39.1. The average molecular weight is 437 g/mol. The first-order valence-electron chi connectivity index (χ1n) is 10.3. The predicted octanol–water partition coefficient (Wildman–Crippen LogP) is 5.03. The van der Waals surface area contributed by atoms with Gasteiger partial charge in [0.25, 0.3) is 5.91 Å². The predicted molar refractivity (Wildman–Crippen MR) is 117 cm³/mol. The van der Waals surface area contributed by atoms with Crippen LogP contribution in [0, 0.1) is 0 Å². The Morgan fingerprint density at radius 3 is 2.41 bits per heavy atom. The normalized spacial score (nSPS) is 14.3. The van der Waals surface area contributed by atoms with E-state index in [0.29, 0.717) is 5.56 Å². The summed E-state index contributed by atoms with van der Waals surface area (Å²) in [7, 11) is 0. The Morgan fingerprint density at radius 1 is 0.969 bits per heavy atom. The second-order valence-electron chi connectivity index (χ2n) is 7.71. The van der Waals surface area contributed by atoms with E-state index in [9.17, 15) is 18.0 Å². The molecule has 32 heavy (non-hydrogen) atoms. The van der Waals surface area contributed by atoms with Crippen LogP contribution in [0.15, 0.2) is 77.9 Å². The lowest BCUT2D eigenvalue weighted by molar-refractivity contribution is -0.137. The number of fused-ring (bicyclic) bond motifs is 1. The highest BCUT2D eigenvalue weighted by Gasteiger charge is 2.32. The van der Waals surface area contributed by atoms with Crippen molar-refractivity contribution < 1.29 is 18.0 Å². The minimum Gasteiger partial charge on any atom is -0.294 e. The van der Waals surface area contributed by atoms with E-state index in [-0.39, 0.29) is 5.56 Å². The van der Waals surface area contributed by atoms with Gasteiger partial charge in [0.1, 0.15) is 0 Å². The van der Waals surface area contributed by atoms with Crippen LogP contribution in [0.25, 0.3) is 0 Å². The molecule has 164 valence electrons. The molecule has 1 aliphatic heterocycles. The second-order valence-corrected chi connectivity index (χ2v) is 7.71. The number of halogens is 3. The van der Waals surface area contributed by atoms with Gasteiger partial charge in [-0.25, -0.2) is 5.43 Å². The molecule has 7 heteroatoms. The van der Waals surface area contributed by atoms with E-state index in [1.807, 2.05) is 12.1 Å². The summed E-state index contributed by atoms with van der Waals surface area (Å²) in [6.07, 6.45) is -2.46. The summed E-state index contributed by atoms with van der Waals surface area (Å²) in [4.78, 5) is 14.7. The van der Waals surface area contributed by atoms with Gasteiger partial charge >= 0.3 is 6.18 Å². The number of carbonyl (C=O) groups is 1. The molecule has 0 radical (unpaired) electrons. The fraction of sp³-hybridized carbons (Fsp3) is 0.200. The van der Waals surface area contributed by atoms with Gasteiger partial charge < -0.3 is 0 Å². The molecule has 3 aromatic rings. The Bertz CT molecular complexity index is 1120. The highest BCUT2D eigenvalue weighted by molar-refractivity contribution is 5.95. The highest BCUT2D eigenvalue weighted by atomic mass is 19.4. The first-order chi connectivity index (χ1) is 15.4. The number of alkyl halides is 3. The summed E-state index contributed by atoms with van der Waals surface area (Å²) in [5.41, 5.74) is 5.59. The quantitative estimate of drug-likeness (QED) is 0.450. The Hall–Kier alpha value is -3.45. The molecule has 4 rings (SSSR count). The summed E-state index contributed by atoms with van der Waals surface area (Å²) in [5.74, 6) is -0.482. The third-order valence-corrected chi connectivity index (χ3v) is 5.47. The molecule has 3 aromatic carbocycles. The molecular weight excluding hydrogens is 415 g/mol. The number of amides is 1. The summed E-state index contributed by atoms with van der Waals surface area (Å²) >= 11 is 0. The van der Waals surface area contributed by atoms with Gasteiger partial charge in [0.15, 0.2) is 0 Å². The Morgan fingerprint density at radius 2 is 1.66 bits per heavy atom. The fourth-order valence-electron chi connectivity index (χ4n) is 3.80. The van der Waals surface area contributed by atoms with E-state index in [4.69, 9.17) is 0 Å². The van der Waals surface area contributed by atoms with Crippen molar-refractivity contribution in [3.8, 4) is 0 Å². The van der Waals surface area contributed by atoms with E-state index < -0.39 is 17.6 Å². The minimum absolute atomic E-state index is 0.112. The average Bonchev–Trinajstić information content (AvgIpc) is 2.79. The maximum Gasteiger partial charge on any atom is 0.417 e. The zero-order valence-corrected chi connectivity index (χ0v) is 17.3. The first-order valence-corrected chi connectivity index (χ1v) is 10.3. The molecule has 1 heterocycles. The lowest BCUT2D eigenvalue weighted by atomic mass is 9.99. The number of benzene rings is 3. The fourth-order valence-corrected chi connectivity index (χ4v) is 3.80. The van der Waals surface area contributed by atoms with Crippen LogP contribution in [-0.4, -0.2) is 23.6 Å². The van der Waals surface area contributed by atoms with E-state index in [2.05, 4.69) is 39.7 Å². The van der Waals surface area contributed by atoms with Crippen molar-refractivity contribution in [2.45, 2.75) is 25.7 Å². The van der Waals surface area contributed by atoms with Crippen molar-refractivity contribution in [1.82, 2.24) is 10.3 Å². The van der Waals surface area contributed by atoms with E-state index >= 15 is 0 Å². The van der Waals surface area contributed by atoms with Crippen LogP contribution >= 0.6 is 0 Å². The van der Waals surface area contributed by atoms with Crippen molar-refractivity contribution in [3.63, 3.8) is 0 Å². The summed E-state index contributed by atoms with van der Waals surface area (Å²) in [6.45, 7) is 2.66. The van der Waals surface area contributed by atoms with Crippen molar-refractivity contribution in [2.75, 3.05) is 6.54 Å². The van der Waals surface area contributed by atoms with Gasteiger partial charge in [-0.3, -0.25) is 9.69 Å². The van der Waals surface area contributed by atoms with Gasteiger partial charge in [-0.1, -0.05) is 54.6 Å². The SMILES string of the molecule is O=C(N/N=C/c1ccccc1C(F)(F)F)c1ccc(CN2CCc3ccccc3C2)cc1. The third kappa shape index (κ3) is 5.23. The van der Waals surface area contributed by atoms with Crippen LogP contribution in [0.4, 0.5) is 13.2 Å². The molecule has 0 fully saturated rings. The van der Waals surface area contributed by atoms with Gasteiger partial charge in [-0.15, -0.1) is 0 Å². The molecule has 0 unspecified atom stereocenters. The highest BCUT2D eigenvalue weighted by Crippen LogP contribution is 2.31. The molecule has 0 atom stereocenters. The first kappa shape index (κ1) is 21.8. The van der Waals surface area contributed by atoms with Crippen LogP contribution < -0.4 is 5.43 Å².